The van der Waals surface area contributed by atoms with Crippen LogP contribution in [-0.2, 0) is 4.74 Å². The van der Waals surface area contributed by atoms with Crippen molar-refractivity contribution in [3.05, 3.63) is 64.2 Å². The van der Waals surface area contributed by atoms with E-state index in [1.54, 1.807) is 18.2 Å². The van der Waals surface area contributed by atoms with Crippen molar-refractivity contribution in [2.24, 2.45) is 0 Å². The zero-order valence-corrected chi connectivity index (χ0v) is 22.6. The molecule has 1 aliphatic rings. The summed E-state index contributed by atoms with van der Waals surface area (Å²) in [4.78, 5) is 41.4. The van der Waals surface area contributed by atoms with Crippen molar-refractivity contribution in [3.63, 3.8) is 0 Å². The van der Waals surface area contributed by atoms with Gasteiger partial charge in [-0.1, -0.05) is 104 Å². The Labute approximate surface area is 216 Å². The predicted molar refractivity (Wildman–Crippen MR) is 145 cm³/mol. The first-order chi connectivity index (χ1) is 17.3. The van der Waals surface area contributed by atoms with Crippen LogP contribution in [0.15, 0.2) is 36.4 Å². The smallest absolute Gasteiger partial charge is 0.338 e. The predicted octanol–water partition coefficient (Wildman–Crippen LogP) is 8.03. The molecule has 0 spiro atoms. The van der Waals surface area contributed by atoms with Crippen molar-refractivity contribution < 1.29 is 19.1 Å². The first kappa shape index (κ1) is 27.6. The molecule has 0 saturated carbocycles. The van der Waals surface area contributed by atoms with E-state index in [1.165, 1.54) is 37.0 Å². The molecule has 0 bridgehead atoms. The highest BCUT2D eigenvalue weighted by molar-refractivity contribution is 6.36. The molecule has 3 rings (SSSR count). The lowest BCUT2D eigenvalue weighted by molar-refractivity contribution is 0.0494. The topological polar surface area (TPSA) is 63.7 Å². The molecule has 194 valence electrons. The van der Waals surface area contributed by atoms with E-state index < -0.39 is 11.9 Å². The summed E-state index contributed by atoms with van der Waals surface area (Å²) in [6, 6.07) is 10.8. The second-order valence-electron chi connectivity index (χ2n) is 10.4. The Kier molecular flexibility index (Phi) is 9.86. The van der Waals surface area contributed by atoms with Crippen molar-refractivity contribution in [2.45, 2.75) is 97.8 Å². The Morgan fingerprint density at radius 1 is 0.778 bits per heavy atom. The lowest BCUT2D eigenvalue weighted by Gasteiger charge is -2.25. The van der Waals surface area contributed by atoms with Crippen molar-refractivity contribution in [1.82, 2.24) is 0 Å². The summed E-state index contributed by atoms with van der Waals surface area (Å²) in [6.45, 7) is 10.7. The van der Waals surface area contributed by atoms with Gasteiger partial charge in [-0.2, -0.15) is 0 Å². The van der Waals surface area contributed by atoms with Gasteiger partial charge in [0.25, 0.3) is 11.8 Å². The number of hydrogen-bond donors (Lipinski definition) is 0. The number of nitrogens with zero attached hydrogens (tertiary/aromatic N) is 1. The number of imide groups is 1. The maximum Gasteiger partial charge on any atom is 0.338 e. The van der Waals surface area contributed by atoms with E-state index >= 15 is 0 Å². The fourth-order valence-electron chi connectivity index (χ4n) is 4.91. The monoisotopic (exact) mass is 491 g/mol. The standard InChI is InChI=1S/C31H41NO4/c1-6-7-8-9-10-11-12-13-20-36-31(35)26-19-15-18-25-27(26)30(34)32(29(25)33)28-23(21(2)3)16-14-17-24(28)22(4)5/h14-19,21-22H,6-13,20H2,1-5H3. The number of unbranched alkanes of at least 4 members (excludes halogenated alkanes) is 7. The van der Waals surface area contributed by atoms with Crippen LogP contribution in [0.1, 0.15) is 140 Å². The number of carbonyl (C=O) groups excluding carboxylic acids is 3. The molecule has 36 heavy (non-hydrogen) atoms. The maximum absolute atomic E-state index is 13.7. The number of ether oxygens (including phenoxy) is 1. The number of para-hydroxylation sites is 1. The Balaban J connectivity index is 1.76. The second-order valence-corrected chi connectivity index (χ2v) is 10.4. The third-order valence-corrected chi connectivity index (χ3v) is 6.93. The molecule has 0 unspecified atom stereocenters. The van der Waals surface area contributed by atoms with Gasteiger partial charge in [0, 0.05) is 0 Å². The van der Waals surface area contributed by atoms with E-state index in [4.69, 9.17) is 4.74 Å². The summed E-state index contributed by atoms with van der Waals surface area (Å²) in [6.07, 6.45) is 9.24. The van der Waals surface area contributed by atoms with Crippen LogP contribution in [-0.4, -0.2) is 24.4 Å². The summed E-state index contributed by atoms with van der Waals surface area (Å²) in [5.74, 6) is -1.13. The number of benzene rings is 2. The largest absolute Gasteiger partial charge is 0.462 e. The SMILES string of the molecule is CCCCCCCCCCOC(=O)c1cccc2c1C(=O)N(c1c(C(C)C)cccc1C(C)C)C2=O. The van der Waals surface area contributed by atoms with Gasteiger partial charge in [0.1, 0.15) is 0 Å². The molecule has 0 atom stereocenters. The summed E-state index contributed by atoms with van der Waals surface area (Å²) < 4.78 is 5.53. The fourth-order valence-corrected chi connectivity index (χ4v) is 4.91. The average Bonchev–Trinajstić information content (AvgIpc) is 3.11. The van der Waals surface area contributed by atoms with Gasteiger partial charge in [0.05, 0.1) is 29.0 Å². The molecule has 1 aliphatic heterocycles. The van der Waals surface area contributed by atoms with Crippen LogP contribution in [0.4, 0.5) is 5.69 Å². The van der Waals surface area contributed by atoms with Crippen LogP contribution < -0.4 is 4.90 Å². The molecule has 2 aromatic carbocycles. The summed E-state index contributed by atoms with van der Waals surface area (Å²) in [7, 11) is 0. The minimum Gasteiger partial charge on any atom is -0.462 e. The van der Waals surface area contributed by atoms with E-state index in [9.17, 15) is 14.4 Å². The molecular formula is C31H41NO4. The van der Waals surface area contributed by atoms with E-state index in [1.807, 2.05) is 18.2 Å². The number of esters is 1. The van der Waals surface area contributed by atoms with Gasteiger partial charge in [0.2, 0.25) is 0 Å². The Morgan fingerprint density at radius 3 is 1.92 bits per heavy atom. The third-order valence-electron chi connectivity index (χ3n) is 6.93. The summed E-state index contributed by atoms with van der Waals surface area (Å²) in [5, 5.41) is 0. The number of amides is 2. The molecule has 0 radical (unpaired) electrons. The number of fused-ring (bicyclic) bond motifs is 1. The molecule has 0 saturated heterocycles. The Bertz CT molecular complexity index is 1060. The first-order valence-corrected chi connectivity index (χ1v) is 13.6. The highest BCUT2D eigenvalue weighted by atomic mass is 16.5. The summed E-state index contributed by atoms with van der Waals surface area (Å²) in [5.41, 5.74) is 3.10. The number of carbonyl (C=O) groups is 3. The van der Waals surface area contributed by atoms with Gasteiger partial charge in [-0.15, -0.1) is 0 Å². The molecule has 2 aromatic rings. The molecule has 0 fully saturated rings. The fraction of sp³-hybridized carbons (Fsp3) is 0.516. The van der Waals surface area contributed by atoms with E-state index in [-0.39, 0.29) is 34.4 Å². The van der Waals surface area contributed by atoms with Crippen molar-refractivity contribution >= 4 is 23.5 Å². The van der Waals surface area contributed by atoms with Gasteiger partial charge in [-0.3, -0.25) is 9.59 Å². The number of anilines is 1. The zero-order chi connectivity index (χ0) is 26.2. The highest BCUT2D eigenvalue weighted by Gasteiger charge is 2.42. The number of rotatable bonds is 13. The minimum absolute atomic E-state index is 0.124. The number of hydrogen-bond acceptors (Lipinski definition) is 4. The van der Waals surface area contributed by atoms with Crippen LogP contribution in [0.25, 0.3) is 0 Å². The normalized spacial score (nSPS) is 13.1. The molecule has 5 nitrogen and oxygen atoms in total. The first-order valence-electron chi connectivity index (χ1n) is 13.6. The van der Waals surface area contributed by atoms with E-state index in [0.29, 0.717) is 12.3 Å². The van der Waals surface area contributed by atoms with Gasteiger partial charge in [-0.05, 0) is 41.5 Å². The van der Waals surface area contributed by atoms with Crippen LogP contribution >= 0.6 is 0 Å². The van der Waals surface area contributed by atoms with Crippen LogP contribution in [0.2, 0.25) is 0 Å². The lowest BCUT2D eigenvalue weighted by Crippen LogP contribution is -2.32. The molecule has 0 N–H and O–H groups in total. The molecule has 0 aliphatic carbocycles. The van der Waals surface area contributed by atoms with Gasteiger partial charge < -0.3 is 4.74 Å². The van der Waals surface area contributed by atoms with Crippen LogP contribution in [0, 0.1) is 0 Å². The zero-order valence-electron chi connectivity index (χ0n) is 22.6. The van der Waals surface area contributed by atoms with E-state index in [0.717, 1.165) is 30.4 Å². The van der Waals surface area contributed by atoms with Gasteiger partial charge in [0.15, 0.2) is 0 Å². The average molecular weight is 492 g/mol. The lowest BCUT2D eigenvalue weighted by atomic mass is 9.92. The molecule has 2 amide bonds. The van der Waals surface area contributed by atoms with Gasteiger partial charge >= 0.3 is 5.97 Å². The quantitative estimate of drug-likeness (QED) is 0.162. The Morgan fingerprint density at radius 2 is 1.33 bits per heavy atom. The minimum atomic E-state index is -0.543. The molecule has 0 aromatic heterocycles. The highest BCUT2D eigenvalue weighted by Crippen LogP contribution is 2.40. The summed E-state index contributed by atoms with van der Waals surface area (Å²) >= 11 is 0. The second kappa shape index (κ2) is 12.8. The van der Waals surface area contributed by atoms with Crippen LogP contribution in [0.3, 0.4) is 0 Å². The van der Waals surface area contributed by atoms with Crippen molar-refractivity contribution in [3.8, 4) is 0 Å². The van der Waals surface area contributed by atoms with Gasteiger partial charge in [-0.25, -0.2) is 9.69 Å². The Hall–Kier alpha value is -2.95. The molecule has 5 heteroatoms. The van der Waals surface area contributed by atoms with Crippen LogP contribution in [0.5, 0.6) is 0 Å². The maximum atomic E-state index is 13.7. The van der Waals surface area contributed by atoms with E-state index in [2.05, 4.69) is 34.6 Å². The third kappa shape index (κ3) is 6.05. The molecule has 1 heterocycles. The van der Waals surface area contributed by atoms with Crippen molar-refractivity contribution in [2.75, 3.05) is 11.5 Å². The van der Waals surface area contributed by atoms with Crippen molar-refractivity contribution in [1.29, 1.82) is 0 Å². The molecular weight excluding hydrogens is 450 g/mol.